The number of rotatable bonds is 24. The quantitative estimate of drug-likeness (QED) is 0.115. The Hall–Kier alpha value is -3.40. The summed E-state index contributed by atoms with van der Waals surface area (Å²) in [6, 6.07) is 6.45. The summed E-state index contributed by atoms with van der Waals surface area (Å²) >= 11 is 0. The van der Waals surface area contributed by atoms with Gasteiger partial charge in [0, 0.05) is 46.5 Å². The van der Waals surface area contributed by atoms with Crippen molar-refractivity contribution in [2.24, 2.45) is 23.7 Å². The first kappa shape index (κ1) is 51.7. The van der Waals surface area contributed by atoms with Crippen molar-refractivity contribution in [1.29, 1.82) is 0 Å². The lowest BCUT2D eigenvalue weighted by Gasteiger charge is -2.41. The molecule has 0 unspecified atom stereocenters. The Morgan fingerprint density at radius 1 is 0.881 bits per heavy atom. The van der Waals surface area contributed by atoms with Crippen LogP contribution in [0.15, 0.2) is 30.3 Å². The highest BCUT2D eigenvalue weighted by molar-refractivity contribution is 8.01. The van der Waals surface area contributed by atoms with E-state index < -0.39 is 58.3 Å². The van der Waals surface area contributed by atoms with Crippen molar-refractivity contribution < 1.29 is 37.7 Å². The number of carbonyl (C=O) groups is 5. The van der Waals surface area contributed by atoms with E-state index in [-0.39, 0.29) is 66.7 Å². The van der Waals surface area contributed by atoms with Crippen molar-refractivity contribution in [3.8, 4) is 0 Å². The van der Waals surface area contributed by atoms with Crippen LogP contribution in [0.5, 0.6) is 0 Å². The number of benzene rings is 1. The van der Waals surface area contributed by atoms with Crippen molar-refractivity contribution in [3.05, 3.63) is 35.9 Å². The first-order valence-electron chi connectivity index (χ1n) is 21.3. The van der Waals surface area contributed by atoms with E-state index in [9.17, 15) is 28.2 Å². The van der Waals surface area contributed by atoms with Gasteiger partial charge in [0.15, 0.2) is 0 Å². The minimum absolute atomic E-state index is 0.00678. The van der Waals surface area contributed by atoms with E-state index in [1.165, 1.54) is 7.11 Å². The summed E-state index contributed by atoms with van der Waals surface area (Å²) in [5.74, 6) is -1.97. The maximum absolute atomic E-state index is 14.3. The molecule has 5 amide bonds. The molecule has 0 aliphatic carbocycles. The third-order valence-corrected chi connectivity index (χ3v) is 13.1. The van der Waals surface area contributed by atoms with Gasteiger partial charge in [0.2, 0.25) is 29.5 Å². The number of nitrogens with zero attached hydrogens (tertiary/aromatic N) is 3. The van der Waals surface area contributed by atoms with Gasteiger partial charge in [-0.3, -0.25) is 33.1 Å². The first-order valence-corrected chi connectivity index (χ1v) is 24.1. The lowest BCUT2D eigenvalue weighted by atomic mass is 9.89. The van der Waals surface area contributed by atoms with Crippen LogP contribution in [0.4, 0.5) is 0 Å². The van der Waals surface area contributed by atoms with Gasteiger partial charge in [-0.1, -0.05) is 85.2 Å². The van der Waals surface area contributed by atoms with Crippen LogP contribution in [-0.2, 0) is 49.8 Å². The molecular formula is C44H78N6O8S. The molecule has 1 saturated heterocycles. The van der Waals surface area contributed by atoms with Crippen LogP contribution in [0.25, 0.3) is 0 Å². The number of likely N-dealkylation sites (tertiary alicyclic amines) is 1. The number of carbonyl (C=O) groups excluding carboxylic acids is 5. The van der Waals surface area contributed by atoms with E-state index in [4.69, 9.17) is 9.47 Å². The molecule has 0 saturated carbocycles. The molecule has 15 heteroatoms. The molecule has 0 radical (unpaired) electrons. The Morgan fingerprint density at radius 2 is 1.51 bits per heavy atom. The third-order valence-electron chi connectivity index (χ3n) is 11.8. The fourth-order valence-electron chi connectivity index (χ4n) is 8.35. The van der Waals surface area contributed by atoms with Crippen LogP contribution in [0, 0.1) is 23.7 Å². The molecule has 1 aromatic rings. The van der Waals surface area contributed by atoms with Crippen LogP contribution in [-0.4, -0.2) is 158 Å². The summed E-state index contributed by atoms with van der Waals surface area (Å²) < 4.78 is 24.3. The standard InChI is InChI=1S/C44H78N6O8S/c1-15-30(6)39(49(10)44(55)37(28(2)3)47-43(54)38(29(4)5)48(8)9)35(57-11)27-36(51)50-24-19-22-34(50)40(58-12)31(7)41(52)46-33(26-32-20-17-16-18-21-32)42(53)45-23-25-59(13,14)56/h16-18,20-21,28-31,33-35,37-40,59H,15,19,22-27H2,1-14H3,(H,45,53)(H,46,52)(H,47,54)/t30-,31+,33-,34-,35+,37-,38-,39-,40+/m0/s1. The Morgan fingerprint density at radius 3 is 2.02 bits per heavy atom. The van der Waals surface area contributed by atoms with Crippen molar-refractivity contribution in [2.75, 3.05) is 66.7 Å². The summed E-state index contributed by atoms with van der Waals surface area (Å²) in [6.45, 7) is 14.3. The number of thiol groups is 1. The largest absolute Gasteiger partial charge is 0.379 e. The molecule has 1 fully saturated rings. The number of hydrogen-bond donors (Lipinski definition) is 4. The van der Waals surface area contributed by atoms with E-state index in [1.807, 2.05) is 90.9 Å². The fourth-order valence-corrected chi connectivity index (χ4v) is 9.00. The predicted octanol–water partition coefficient (Wildman–Crippen LogP) is 2.75. The molecule has 14 nitrogen and oxygen atoms in total. The summed E-state index contributed by atoms with van der Waals surface area (Å²) in [6.07, 6.45) is 4.33. The Labute approximate surface area is 356 Å². The van der Waals surface area contributed by atoms with Crippen LogP contribution >= 0.6 is 0 Å². The van der Waals surface area contributed by atoms with Gasteiger partial charge < -0.3 is 35.2 Å². The minimum atomic E-state index is -2.35. The Balaban J connectivity index is 2.30. The smallest absolute Gasteiger partial charge is 0.245 e. The highest BCUT2D eigenvalue weighted by Gasteiger charge is 2.43. The minimum Gasteiger partial charge on any atom is -0.379 e. The molecule has 338 valence electrons. The lowest BCUT2D eigenvalue weighted by Crippen LogP contribution is -2.59. The number of amides is 5. The predicted molar refractivity (Wildman–Crippen MR) is 237 cm³/mol. The van der Waals surface area contributed by atoms with Gasteiger partial charge in [-0.15, -0.1) is 9.93 Å². The van der Waals surface area contributed by atoms with Crippen molar-refractivity contribution in [1.82, 2.24) is 30.7 Å². The molecule has 0 aromatic heterocycles. The summed E-state index contributed by atoms with van der Waals surface area (Å²) in [4.78, 5) is 74.7. The first-order chi connectivity index (χ1) is 27.6. The van der Waals surface area contributed by atoms with Crippen molar-refractivity contribution >= 4 is 39.5 Å². The van der Waals surface area contributed by atoms with Crippen molar-refractivity contribution in [3.63, 3.8) is 0 Å². The van der Waals surface area contributed by atoms with E-state index in [1.54, 1.807) is 43.4 Å². The molecule has 1 aromatic carbocycles. The van der Waals surface area contributed by atoms with Crippen molar-refractivity contribution in [2.45, 2.75) is 123 Å². The molecule has 2 rings (SSSR count). The maximum Gasteiger partial charge on any atom is 0.245 e. The van der Waals surface area contributed by atoms with Crippen LogP contribution in [0.2, 0.25) is 0 Å². The van der Waals surface area contributed by atoms with E-state index in [0.29, 0.717) is 25.1 Å². The van der Waals surface area contributed by atoms with Gasteiger partial charge >= 0.3 is 0 Å². The molecule has 0 spiro atoms. The monoisotopic (exact) mass is 851 g/mol. The van der Waals surface area contributed by atoms with Gasteiger partial charge in [0.25, 0.3) is 0 Å². The van der Waals surface area contributed by atoms with Crippen LogP contribution < -0.4 is 16.0 Å². The van der Waals surface area contributed by atoms with Gasteiger partial charge in [0.1, 0.15) is 12.1 Å². The molecule has 1 aliphatic rings. The normalized spacial score (nSPS) is 19.0. The zero-order valence-corrected chi connectivity index (χ0v) is 39.3. The fraction of sp³-hybridized carbons (Fsp3) is 0.750. The van der Waals surface area contributed by atoms with Gasteiger partial charge in [-0.05, 0) is 62.8 Å². The van der Waals surface area contributed by atoms with Gasteiger partial charge in [-0.2, -0.15) is 0 Å². The van der Waals surface area contributed by atoms with Crippen LogP contribution in [0.3, 0.4) is 0 Å². The molecule has 1 aliphatic heterocycles. The van der Waals surface area contributed by atoms with Gasteiger partial charge in [-0.25, -0.2) is 0 Å². The van der Waals surface area contributed by atoms with E-state index >= 15 is 0 Å². The summed E-state index contributed by atoms with van der Waals surface area (Å²) in [5.41, 5.74) is 0.873. The average Bonchev–Trinajstić information content (AvgIpc) is 3.65. The molecule has 0 bridgehead atoms. The highest BCUT2D eigenvalue weighted by atomic mass is 32.2. The van der Waals surface area contributed by atoms with Crippen LogP contribution in [0.1, 0.15) is 79.7 Å². The lowest BCUT2D eigenvalue weighted by molar-refractivity contribution is -0.148. The second-order valence-electron chi connectivity index (χ2n) is 17.8. The molecule has 59 heavy (non-hydrogen) atoms. The number of methoxy groups -OCH3 is 2. The third kappa shape index (κ3) is 15.2. The highest BCUT2D eigenvalue weighted by Crippen LogP contribution is 2.30. The number of hydrogen-bond acceptors (Lipinski definition) is 9. The van der Waals surface area contributed by atoms with E-state index in [0.717, 1.165) is 12.0 Å². The zero-order valence-electron chi connectivity index (χ0n) is 38.4. The summed E-state index contributed by atoms with van der Waals surface area (Å²) in [5, 5.41) is 8.83. The number of ether oxygens (including phenoxy) is 2. The SMILES string of the molecule is CC[C@H](C)[C@@H]([C@@H](CC(=O)N1CCC[C@H]1[C@H](OC)[C@@H](C)C(=O)N[C@@H](Cc1ccccc1)C(=O)NCC[SH](C)(C)=O)OC)N(C)C(=O)[C@@H](NC(=O)[C@H](C(C)C)N(C)C)C(C)C. The van der Waals surface area contributed by atoms with Gasteiger partial charge in [0.05, 0.1) is 42.7 Å². The topological polar surface area (TPSA) is 167 Å². The Kier molecular flexibility index (Phi) is 21.2. The average molecular weight is 851 g/mol. The zero-order chi connectivity index (χ0) is 44.8. The molecular weight excluding hydrogens is 773 g/mol. The Bertz CT molecular complexity index is 1550. The molecule has 3 N–H and O–H groups in total. The second-order valence-corrected chi connectivity index (χ2v) is 21.4. The molecule has 1 heterocycles. The van der Waals surface area contributed by atoms with E-state index in [2.05, 4.69) is 16.0 Å². The molecule has 9 atom stereocenters. The maximum atomic E-state index is 14.3. The number of likely N-dealkylation sites (N-methyl/N-ethyl adjacent to an activating group) is 2. The summed E-state index contributed by atoms with van der Waals surface area (Å²) in [7, 11) is 6.15. The number of nitrogens with one attached hydrogen (secondary N) is 3. The second kappa shape index (κ2) is 24.1.